The second kappa shape index (κ2) is 22.0. The maximum Gasteiger partial charge on any atom is 0.575 e. The molecule has 0 bridgehead atoms. The van der Waals surface area contributed by atoms with E-state index in [-0.39, 0.29) is 18.0 Å². The number of carbonyl (C=O) groups is 2. The molecule has 1 aromatic heterocycles. The van der Waals surface area contributed by atoms with Gasteiger partial charge in [-0.25, -0.2) is 4.79 Å². The number of ether oxygens (including phenoxy) is 1. The minimum atomic E-state index is -6.13. The summed E-state index contributed by atoms with van der Waals surface area (Å²) in [5.41, 5.74) is -29.7. The summed E-state index contributed by atoms with van der Waals surface area (Å²) in [6, 6.07) is 8.99. The Morgan fingerprint density at radius 1 is 0.349 bits per heavy atom. The largest absolute Gasteiger partial charge is 0.575 e. The summed E-state index contributed by atoms with van der Waals surface area (Å²) in [5.74, 6) is -1.91. The Kier molecular flexibility index (Phi) is 17.0. The fraction of sp³-hybridized carbons (Fsp3) is 0.196. The van der Waals surface area contributed by atoms with Crippen molar-refractivity contribution >= 4 is 50.7 Å². The van der Waals surface area contributed by atoms with Gasteiger partial charge in [0.15, 0.2) is 0 Å². The van der Waals surface area contributed by atoms with Gasteiger partial charge < -0.3 is 4.74 Å². The van der Waals surface area contributed by atoms with Gasteiger partial charge in [0.25, 0.3) is 5.69 Å². The van der Waals surface area contributed by atoms with Crippen molar-refractivity contribution in [3.8, 4) is 0 Å². The number of benzene rings is 6. The zero-order valence-electron chi connectivity index (χ0n) is 39.9. The summed E-state index contributed by atoms with van der Waals surface area (Å²) < 4.78 is 383. The van der Waals surface area contributed by atoms with E-state index in [1.807, 2.05) is 0 Å². The van der Waals surface area contributed by atoms with Crippen LogP contribution in [0.3, 0.4) is 0 Å². The van der Waals surface area contributed by atoms with E-state index in [0.29, 0.717) is 16.5 Å². The molecule has 444 valence electrons. The van der Waals surface area contributed by atoms with E-state index in [0.717, 1.165) is 0 Å². The molecule has 83 heavy (non-hydrogen) atoms. The van der Waals surface area contributed by atoms with Crippen LogP contribution in [0.5, 0.6) is 0 Å². The smallest absolute Gasteiger partial charge is 0.365 e. The van der Waals surface area contributed by atoms with Crippen LogP contribution in [0.2, 0.25) is 0 Å². The molecule has 0 N–H and O–H groups in total. The van der Waals surface area contributed by atoms with Gasteiger partial charge in [0.1, 0.15) is 6.15 Å². The molecule has 0 aliphatic rings. The second-order valence-corrected chi connectivity index (χ2v) is 17.7. The highest BCUT2D eigenvalue weighted by Gasteiger charge is 2.48. The number of esters is 1. The highest BCUT2D eigenvalue weighted by Crippen LogP contribution is 2.41. The Morgan fingerprint density at radius 3 is 0.904 bits per heavy atom. The van der Waals surface area contributed by atoms with E-state index in [1.165, 1.54) is 16.7 Å². The summed E-state index contributed by atoms with van der Waals surface area (Å²) >= 11 is 0. The number of halogens is 27. The molecule has 0 atom stereocenters. The third-order valence-corrected chi connectivity index (χ3v) is 12.2. The van der Waals surface area contributed by atoms with Crippen LogP contribution in [-0.2, 0) is 60.7 Å². The van der Waals surface area contributed by atoms with E-state index in [1.54, 1.807) is 54.6 Å². The van der Waals surface area contributed by atoms with Crippen LogP contribution >= 0.6 is 0 Å². The first-order valence-corrected chi connectivity index (χ1v) is 22.3. The van der Waals surface area contributed by atoms with Crippen LogP contribution in [0.15, 0.2) is 140 Å². The highest BCUT2D eigenvalue weighted by molar-refractivity contribution is 7.20. The van der Waals surface area contributed by atoms with Gasteiger partial charge in [-0.05, 0) is 36.4 Å². The molecule has 1 heterocycles. The predicted octanol–water partition coefficient (Wildman–Crippen LogP) is 14.9. The normalized spacial score (nSPS) is 13.4. The van der Waals surface area contributed by atoms with Crippen molar-refractivity contribution in [2.24, 2.45) is 0 Å². The Labute approximate surface area is 445 Å². The molecule has 0 fully saturated rings. The molecular weight excluding hydrogens is 1200 g/mol. The lowest BCUT2D eigenvalue weighted by molar-refractivity contribution is -0.660. The lowest BCUT2D eigenvalue weighted by Crippen LogP contribution is -2.75. The summed E-state index contributed by atoms with van der Waals surface area (Å²) in [6.45, 7) is -0.298. The monoisotopic (exact) mass is 1220 g/mol. The molecular formula is C51H25BF27NO3. The summed E-state index contributed by atoms with van der Waals surface area (Å²) in [6.07, 6.45) is -59.9. The molecule has 32 heteroatoms. The van der Waals surface area contributed by atoms with Crippen LogP contribution in [0.25, 0.3) is 10.9 Å². The maximum atomic E-state index is 14.2. The van der Waals surface area contributed by atoms with Crippen molar-refractivity contribution in [1.82, 2.24) is 0 Å². The van der Waals surface area contributed by atoms with Crippen molar-refractivity contribution in [2.75, 3.05) is 0 Å². The molecule has 7 aromatic rings. The van der Waals surface area contributed by atoms with Gasteiger partial charge in [0, 0.05) is 23.1 Å². The Bertz CT molecular complexity index is 3110. The third kappa shape index (κ3) is 14.8. The summed E-state index contributed by atoms with van der Waals surface area (Å²) in [5, 5.41) is 0.678. The van der Waals surface area contributed by atoms with E-state index in [9.17, 15) is 128 Å². The molecule has 0 unspecified atom stereocenters. The number of fused-ring (bicyclic) bond motifs is 1. The molecule has 0 saturated carbocycles. The van der Waals surface area contributed by atoms with Gasteiger partial charge in [-0.3, -0.25) is 4.79 Å². The van der Waals surface area contributed by atoms with Crippen LogP contribution in [0.4, 0.5) is 119 Å². The predicted molar refractivity (Wildman–Crippen MR) is 236 cm³/mol. The highest BCUT2D eigenvalue weighted by atomic mass is 19.4. The Morgan fingerprint density at radius 2 is 0.627 bits per heavy atom. The number of aromatic nitrogens is 1. The van der Waals surface area contributed by atoms with E-state index in [4.69, 9.17) is 0 Å². The van der Waals surface area contributed by atoms with Crippen molar-refractivity contribution in [2.45, 2.75) is 62.3 Å². The molecule has 0 aliphatic carbocycles. The lowest BCUT2D eigenvalue weighted by Gasteiger charge is -2.46. The number of rotatable bonds is 8. The van der Waals surface area contributed by atoms with E-state index in [2.05, 4.69) is 4.74 Å². The standard InChI is InChI=1S/C32H12BF24.C19H13F3NO3/c34-25(35,36)13-1-14(26(37,38)39)6-21(5-13)33(22-7-15(27(40,41)42)2-16(8-22)28(43,44)45,23-9-17(29(46,47)48)3-18(10-23)30(49,50)51)24-11-19(31(52,53)54)4-20(12-24)32(55,56)57;20-19(21,22)26-18(25)16-11-10-13-6-4-5-9-15(13)23(16)12-17(24)14-7-2-1-3-8-14/h1-12H;1-11H,12H2/q-1;+1. The Hall–Kier alpha value is -7.96. The van der Waals surface area contributed by atoms with Crippen molar-refractivity contribution in [1.29, 1.82) is 0 Å². The van der Waals surface area contributed by atoms with Gasteiger partial charge in [-0.2, -0.15) is 132 Å². The molecule has 6 aromatic carbocycles. The molecule has 0 amide bonds. The number of para-hydroxylation sites is 1. The number of carbonyl (C=O) groups excluding carboxylic acids is 2. The number of ketones is 1. The van der Waals surface area contributed by atoms with Crippen LogP contribution in [0.1, 0.15) is 65.4 Å². The molecule has 0 radical (unpaired) electrons. The zero-order valence-corrected chi connectivity index (χ0v) is 39.9. The van der Waals surface area contributed by atoms with Gasteiger partial charge in [0.2, 0.25) is 17.8 Å². The topological polar surface area (TPSA) is 47.2 Å². The molecule has 0 spiro atoms. The van der Waals surface area contributed by atoms with Gasteiger partial charge in [-0.15, -0.1) is 13.2 Å². The van der Waals surface area contributed by atoms with Gasteiger partial charge in [-0.1, -0.05) is 91.0 Å². The minimum absolute atomic E-state index is 0.298. The number of Topliss-reactive ketones (excluding diaryl/α,β-unsaturated/α-hetero) is 1. The summed E-state index contributed by atoms with van der Waals surface area (Å²) in [7, 11) is 0. The Balaban J connectivity index is 0.000000352. The first-order valence-electron chi connectivity index (χ1n) is 22.3. The lowest BCUT2D eigenvalue weighted by atomic mass is 9.12. The average molecular weight is 1220 g/mol. The number of hydrogen-bond donors (Lipinski definition) is 0. The molecule has 0 aliphatic heterocycles. The fourth-order valence-corrected chi connectivity index (χ4v) is 8.70. The first kappa shape index (κ1) is 64.2. The minimum Gasteiger partial charge on any atom is -0.365 e. The van der Waals surface area contributed by atoms with Crippen molar-refractivity contribution < 1.29 is 137 Å². The van der Waals surface area contributed by atoms with E-state index >= 15 is 0 Å². The molecule has 7 rings (SSSR count). The van der Waals surface area contributed by atoms with Crippen molar-refractivity contribution in [3.05, 3.63) is 195 Å². The average Bonchev–Trinajstić information content (AvgIpc) is 3.55. The SMILES string of the molecule is FC(F)(F)c1cc([B-](c2cc(C(F)(F)F)cc(C(F)(F)F)c2)(c2cc(C(F)(F)F)cc(C(F)(F)F)c2)c2cc(C(F)(F)F)cc(C(F)(F)F)c2)cc(C(F)(F)F)c1.O=C(C[n+]1c(C(=O)OC(F)(F)F)ccc2ccccc21)c1ccccc1. The summed E-state index contributed by atoms with van der Waals surface area (Å²) in [4.78, 5) is 24.5. The van der Waals surface area contributed by atoms with Gasteiger partial charge in [0.05, 0.1) is 44.5 Å². The van der Waals surface area contributed by atoms with Crippen molar-refractivity contribution in [3.63, 3.8) is 0 Å². The number of nitrogens with zero attached hydrogens (tertiary/aromatic N) is 1. The zero-order chi connectivity index (χ0) is 62.6. The van der Waals surface area contributed by atoms with Crippen LogP contribution < -0.4 is 26.4 Å². The third-order valence-electron chi connectivity index (χ3n) is 12.2. The number of pyridine rings is 1. The fourth-order valence-electron chi connectivity index (χ4n) is 8.70. The number of hydrogen-bond acceptors (Lipinski definition) is 3. The molecule has 0 saturated heterocycles. The first-order chi connectivity index (χ1) is 37.6. The van der Waals surface area contributed by atoms with Gasteiger partial charge >= 0.3 is 61.7 Å². The van der Waals surface area contributed by atoms with Crippen LogP contribution in [0, 0.1) is 0 Å². The van der Waals surface area contributed by atoms with E-state index < -0.39 is 207 Å². The molecule has 4 nitrogen and oxygen atoms in total. The number of alkyl halides is 27. The van der Waals surface area contributed by atoms with Crippen LogP contribution in [-0.4, -0.2) is 24.3 Å². The quantitative estimate of drug-likeness (QED) is 0.0501. The second-order valence-electron chi connectivity index (χ2n) is 17.7. The maximum absolute atomic E-state index is 14.2.